The van der Waals surface area contributed by atoms with Crippen LogP contribution in [0.25, 0.3) is 0 Å². The maximum atomic E-state index is 11.3. The van der Waals surface area contributed by atoms with Crippen molar-refractivity contribution in [2.75, 3.05) is 0 Å². The van der Waals surface area contributed by atoms with Gasteiger partial charge in [-0.25, -0.2) is 0 Å². The average Bonchev–Trinajstić information content (AvgIpc) is 2.84. The smallest absolute Gasteiger partial charge is 0.307 e. The molecule has 1 atom stereocenters. The Hall–Kier alpha value is -1.55. The van der Waals surface area contributed by atoms with E-state index in [0.717, 1.165) is 15.6 Å². The first-order chi connectivity index (χ1) is 8.65. The summed E-state index contributed by atoms with van der Waals surface area (Å²) >= 11 is 3.36. The number of carboxylic acids is 1. The summed E-state index contributed by atoms with van der Waals surface area (Å²) < 4.78 is 5.96. The van der Waals surface area contributed by atoms with Gasteiger partial charge in [-0.2, -0.15) is 0 Å². The van der Waals surface area contributed by atoms with Crippen molar-refractivity contribution in [2.24, 2.45) is 5.92 Å². The lowest BCUT2D eigenvalue weighted by Gasteiger charge is -2.11. The van der Waals surface area contributed by atoms with Crippen LogP contribution in [0.5, 0.6) is 0 Å². The molecule has 0 bridgehead atoms. The Morgan fingerprint density at radius 1 is 1.17 bits per heavy atom. The zero-order valence-electron chi connectivity index (χ0n) is 9.67. The third kappa shape index (κ3) is 3.47. The van der Waals surface area contributed by atoms with Gasteiger partial charge >= 0.3 is 5.97 Å². The van der Waals surface area contributed by atoms with Crippen molar-refractivity contribution in [3.63, 3.8) is 0 Å². The predicted molar refractivity (Wildman–Crippen MR) is 71.4 cm³/mol. The van der Waals surface area contributed by atoms with Gasteiger partial charge in [0.25, 0.3) is 0 Å². The molecule has 1 aromatic heterocycles. The van der Waals surface area contributed by atoms with Crippen LogP contribution in [-0.2, 0) is 17.6 Å². The van der Waals surface area contributed by atoms with E-state index in [2.05, 4.69) is 15.9 Å². The molecule has 1 aromatic carbocycles. The van der Waals surface area contributed by atoms with Crippen LogP contribution in [0, 0.1) is 5.92 Å². The fourth-order valence-corrected chi connectivity index (χ4v) is 2.11. The standard InChI is InChI=1S/C14H13BrO3/c15-13-3-1-10(2-4-13)7-12(14(16)17)8-11-5-6-18-9-11/h1-6,9,12H,7-8H2,(H,16,17). The summed E-state index contributed by atoms with van der Waals surface area (Å²) in [6.07, 6.45) is 4.17. The molecule has 1 unspecified atom stereocenters. The van der Waals surface area contributed by atoms with Crippen LogP contribution < -0.4 is 0 Å². The van der Waals surface area contributed by atoms with Gasteiger partial charge in [0, 0.05) is 4.47 Å². The molecular weight excluding hydrogens is 296 g/mol. The summed E-state index contributed by atoms with van der Waals surface area (Å²) in [5, 5.41) is 9.25. The van der Waals surface area contributed by atoms with Crippen molar-refractivity contribution in [3.05, 3.63) is 58.5 Å². The summed E-state index contributed by atoms with van der Waals surface area (Å²) in [7, 11) is 0. The van der Waals surface area contributed by atoms with Gasteiger partial charge in [-0.3, -0.25) is 4.79 Å². The number of aliphatic carboxylic acids is 1. The molecule has 94 valence electrons. The molecule has 0 aliphatic heterocycles. The Bertz CT molecular complexity index is 502. The van der Waals surface area contributed by atoms with Crippen molar-refractivity contribution in [1.29, 1.82) is 0 Å². The highest BCUT2D eigenvalue weighted by molar-refractivity contribution is 9.10. The van der Waals surface area contributed by atoms with Crippen molar-refractivity contribution < 1.29 is 14.3 Å². The van der Waals surface area contributed by atoms with Gasteiger partial charge in [-0.1, -0.05) is 28.1 Å². The molecule has 2 aromatic rings. The molecule has 0 saturated heterocycles. The molecule has 1 N–H and O–H groups in total. The van der Waals surface area contributed by atoms with Gasteiger partial charge in [0.15, 0.2) is 0 Å². The third-order valence-corrected chi connectivity index (χ3v) is 3.34. The van der Waals surface area contributed by atoms with Crippen LogP contribution in [0.2, 0.25) is 0 Å². The number of rotatable bonds is 5. The maximum Gasteiger partial charge on any atom is 0.307 e. The largest absolute Gasteiger partial charge is 0.481 e. The lowest BCUT2D eigenvalue weighted by Crippen LogP contribution is -2.18. The topological polar surface area (TPSA) is 50.4 Å². The van der Waals surface area contributed by atoms with Crippen LogP contribution in [0.3, 0.4) is 0 Å². The Labute approximate surface area is 114 Å². The SMILES string of the molecule is O=C(O)C(Cc1ccc(Br)cc1)Cc1ccoc1. The zero-order valence-corrected chi connectivity index (χ0v) is 11.3. The first-order valence-corrected chi connectivity index (χ1v) is 6.43. The second-order valence-corrected chi connectivity index (χ2v) is 5.12. The van der Waals surface area contributed by atoms with Gasteiger partial charge in [0.2, 0.25) is 0 Å². The summed E-state index contributed by atoms with van der Waals surface area (Å²) in [5.74, 6) is -1.21. The molecule has 18 heavy (non-hydrogen) atoms. The molecule has 1 heterocycles. The highest BCUT2D eigenvalue weighted by Gasteiger charge is 2.19. The van der Waals surface area contributed by atoms with Crippen molar-refractivity contribution in [3.8, 4) is 0 Å². The van der Waals surface area contributed by atoms with Crippen molar-refractivity contribution in [1.82, 2.24) is 0 Å². The van der Waals surface area contributed by atoms with E-state index in [9.17, 15) is 9.90 Å². The highest BCUT2D eigenvalue weighted by atomic mass is 79.9. The maximum absolute atomic E-state index is 11.3. The minimum Gasteiger partial charge on any atom is -0.481 e. The van der Waals surface area contributed by atoms with E-state index in [1.54, 1.807) is 18.6 Å². The van der Waals surface area contributed by atoms with E-state index in [0.29, 0.717) is 12.8 Å². The number of carbonyl (C=O) groups is 1. The molecule has 0 aliphatic carbocycles. The van der Waals surface area contributed by atoms with Crippen molar-refractivity contribution in [2.45, 2.75) is 12.8 Å². The Morgan fingerprint density at radius 2 is 1.83 bits per heavy atom. The van der Waals surface area contributed by atoms with E-state index in [1.165, 1.54) is 0 Å². The van der Waals surface area contributed by atoms with Crippen LogP contribution >= 0.6 is 15.9 Å². The average molecular weight is 309 g/mol. The Balaban J connectivity index is 2.06. The monoisotopic (exact) mass is 308 g/mol. The molecule has 3 nitrogen and oxygen atoms in total. The summed E-state index contributed by atoms with van der Waals surface area (Å²) in [4.78, 5) is 11.3. The van der Waals surface area contributed by atoms with Crippen molar-refractivity contribution >= 4 is 21.9 Å². The molecule has 0 radical (unpaired) electrons. The van der Waals surface area contributed by atoms with E-state index in [-0.39, 0.29) is 0 Å². The van der Waals surface area contributed by atoms with E-state index < -0.39 is 11.9 Å². The summed E-state index contributed by atoms with van der Waals surface area (Å²) in [6, 6.07) is 9.53. The fraction of sp³-hybridized carbons (Fsp3) is 0.214. The molecule has 0 saturated carbocycles. The molecule has 2 rings (SSSR count). The number of benzene rings is 1. The summed E-state index contributed by atoms with van der Waals surface area (Å²) in [5.41, 5.74) is 1.94. The van der Waals surface area contributed by atoms with Gasteiger partial charge < -0.3 is 9.52 Å². The predicted octanol–water partition coefficient (Wildman–Crippen LogP) is 3.53. The Kier molecular flexibility index (Phi) is 4.20. The quantitative estimate of drug-likeness (QED) is 0.919. The normalized spacial score (nSPS) is 12.3. The zero-order chi connectivity index (χ0) is 13.0. The molecule has 0 fully saturated rings. The highest BCUT2D eigenvalue weighted by Crippen LogP contribution is 2.17. The van der Waals surface area contributed by atoms with Gasteiger partial charge in [-0.05, 0) is 42.2 Å². The number of halogens is 1. The minimum atomic E-state index is -0.779. The van der Waals surface area contributed by atoms with Gasteiger partial charge in [0.05, 0.1) is 18.4 Å². The molecule has 0 spiro atoms. The first kappa shape index (κ1) is 12.9. The van der Waals surface area contributed by atoms with E-state index in [1.807, 2.05) is 24.3 Å². The first-order valence-electron chi connectivity index (χ1n) is 5.63. The Morgan fingerprint density at radius 3 is 2.39 bits per heavy atom. The number of hydrogen-bond acceptors (Lipinski definition) is 2. The van der Waals surface area contributed by atoms with Gasteiger partial charge in [-0.15, -0.1) is 0 Å². The fourth-order valence-electron chi connectivity index (χ4n) is 1.85. The molecule has 0 amide bonds. The molecular formula is C14H13BrO3. The number of hydrogen-bond donors (Lipinski definition) is 1. The lowest BCUT2D eigenvalue weighted by molar-refractivity contribution is -0.141. The number of furan rings is 1. The molecule has 4 heteroatoms. The van der Waals surface area contributed by atoms with Gasteiger partial charge in [0.1, 0.15) is 0 Å². The number of carboxylic acid groups (broad SMARTS) is 1. The summed E-state index contributed by atoms with van der Waals surface area (Å²) in [6.45, 7) is 0. The van der Waals surface area contributed by atoms with E-state index in [4.69, 9.17) is 4.42 Å². The van der Waals surface area contributed by atoms with E-state index >= 15 is 0 Å². The second-order valence-electron chi connectivity index (χ2n) is 4.20. The minimum absolute atomic E-state index is 0.427. The van der Waals surface area contributed by atoms with Crippen LogP contribution in [-0.4, -0.2) is 11.1 Å². The second kappa shape index (κ2) is 5.87. The third-order valence-electron chi connectivity index (χ3n) is 2.81. The van der Waals surface area contributed by atoms with Crippen LogP contribution in [0.4, 0.5) is 0 Å². The molecule has 0 aliphatic rings. The van der Waals surface area contributed by atoms with Crippen LogP contribution in [0.1, 0.15) is 11.1 Å². The lowest BCUT2D eigenvalue weighted by atomic mass is 9.94. The van der Waals surface area contributed by atoms with Crippen LogP contribution in [0.15, 0.2) is 51.7 Å².